The number of nitrogens with zero attached hydrogens (tertiary/aromatic N) is 1. The van der Waals surface area contributed by atoms with Crippen molar-refractivity contribution in [2.75, 3.05) is 0 Å². The van der Waals surface area contributed by atoms with E-state index in [2.05, 4.69) is 74.5 Å². The Morgan fingerprint density at radius 2 is 1.25 bits per heavy atom. The van der Waals surface area contributed by atoms with Gasteiger partial charge in [-0.05, 0) is 61.5 Å². The fraction of sp³-hybridized carbons (Fsp3) is 0.103. The van der Waals surface area contributed by atoms with Crippen molar-refractivity contribution < 1.29 is 4.92 Å². The predicted octanol–water partition coefficient (Wildman–Crippen LogP) is 7.87. The maximum atomic E-state index is 11.8. The van der Waals surface area contributed by atoms with Crippen LogP contribution in [0.5, 0.6) is 0 Å². The van der Waals surface area contributed by atoms with Crippen LogP contribution in [-0.4, -0.2) is 4.92 Å². The Labute approximate surface area is 186 Å². The van der Waals surface area contributed by atoms with Crippen molar-refractivity contribution in [1.82, 2.24) is 0 Å². The number of para-hydroxylation sites is 1. The van der Waals surface area contributed by atoms with Gasteiger partial charge in [0.1, 0.15) is 0 Å². The van der Waals surface area contributed by atoms with Gasteiger partial charge in [-0.25, -0.2) is 0 Å². The first-order valence-electron chi connectivity index (χ1n) is 10.8. The molecule has 1 aliphatic carbocycles. The molecule has 5 aromatic carbocycles. The Balaban J connectivity index is 1.78. The van der Waals surface area contributed by atoms with Crippen molar-refractivity contribution in [2.45, 2.75) is 19.3 Å². The second-order valence-corrected chi connectivity index (χ2v) is 9.00. The zero-order valence-electron chi connectivity index (χ0n) is 17.9. The third-order valence-electron chi connectivity index (χ3n) is 6.90. The number of hydrogen-bond donors (Lipinski definition) is 0. The minimum absolute atomic E-state index is 0.133. The molecule has 0 saturated carbocycles. The van der Waals surface area contributed by atoms with Gasteiger partial charge in [0.2, 0.25) is 0 Å². The number of fused-ring (bicyclic) bond motifs is 7. The minimum Gasteiger partial charge on any atom is -0.258 e. The molecule has 0 saturated heterocycles. The van der Waals surface area contributed by atoms with Crippen molar-refractivity contribution in [1.29, 1.82) is 0 Å². The summed E-state index contributed by atoms with van der Waals surface area (Å²) in [7, 11) is 0. The molecule has 1 aliphatic rings. The molecule has 0 bridgehead atoms. The van der Waals surface area contributed by atoms with Crippen LogP contribution in [0.25, 0.3) is 43.8 Å². The molecule has 0 atom stereocenters. The SMILES string of the molecule is CC1(C)c2c(ccc3ccccc23)-c2cc(-c3ccccc3[N+](=O)[O-])c3ccccc3c21. The van der Waals surface area contributed by atoms with Gasteiger partial charge in [0.15, 0.2) is 0 Å². The lowest BCUT2D eigenvalue weighted by Gasteiger charge is -2.25. The first kappa shape index (κ1) is 18.8. The monoisotopic (exact) mass is 415 g/mol. The first-order chi connectivity index (χ1) is 15.5. The normalized spacial score (nSPS) is 13.8. The van der Waals surface area contributed by atoms with Crippen LogP contribution in [0.1, 0.15) is 25.0 Å². The third-order valence-corrected chi connectivity index (χ3v) is 6.90. The maximum Gasteiger partial charge on any atom is 0.277 e. The van der Waals surface area contributed by atoms with Gasteiger partial charge < -0.3 is 0 Å². The van der Waals surface area contributed by atoms with E-state index >= 15 is 0 Å². The lowest BCUT2D eigenvalue weighted by atomic mass is 9.78. The summed E-state index contributed by atoms with van der Waals surface area (Å²) in [6, 6.07) is 30.4. The summed E-state index contributed by atoms with van der Waals surface area (Å²) < 4.78 is 0. The molecule has 0 aromatic heterocycles. The smallest absolute Gasteiger partial charge is 0.258 e. The largest absolute Gasteiger partial charge is 0.277 e. The average molecular weight is 415 g/mol. The second-order valence-electron chi connectivity index (χ2n) is 9.00. The maximum absolute atomic E-state index is 11.8. The van der Waals surface area contributed by atoms with Gasteiger partial charge in [-0.3, -0.25) is 10.1 Å². The van der Waals surface area contributed by atoms with E-state index in [-0.39, 0.29) is 16.0 Å². The van der Waals surface area contributed by atoms with E-state index < -0.39 is 0 Å². The molecule has 0 unspecified atom stereocenters. The van der Waals surface area contributed by atoms with Gasteiger partial charge in [-0.15, -0.1) is 0 Å². The van der Waals surface area contributed by atoms with Crippen LogP contribution in [0.3, 0.4) is 0 Å². The fourth-order valence-corrected chi connectivity index (χ4v) is 5.64. The van der Waals surface area contributed by atoms with Crippen molar-refractivity contribution in [2.24, 2.45) is 0 Å². The number of rotatable bonds is 2. The number of nitro groups is 1. The molecule has 0 N–H and O–H groups in total. The van der Waals surface area contributed by atoms with Crippen LogP contribution in [-0.2, 0) is 5.41 Å². The zero-order chi connectivity index (χ0) is 22.0. The van der Waals surface area contributed by atoms with Crippen LogP contribution in [0, 0.1) is 10.1 Å². The summed E-state index contributed by atoms with van der Waals surface area (Å²) in [6.07, 6.45) is 0. The van der Waals surface area contributed by atoms with Crippen LogP contribution in [0.15, 0.2) is 91.0 Å². The summed E-state index contributed by atoms with van der Waals surface area (Å²) >= 11 is 0. The van der Waals surface area contributed by atoms with Gasteiger partial charge in [0.05, 0.1) is 10.5 Å². The fourth-order valence-electron chi connectivity index (χ4n) is 5.64. The van der Waals surface area contributed by atoms with E-state index in [1.54, 1.807) is 12.1 Å². The number of benzene rings is 5. The predicted molar refractivity (Wildman–Crippen MR) is 131 cm³/mol. The molecule has 0 amide bonds. The molecule has 6 rings (SSSR count). The van der Waals surface area contributed by atoms with Gasteiger partial charge in [0, 0.05) is 11.5 Å². The topological polar surface area (TPSA) is 43.1 Å². The highest BCUT2D eigenvalue weighted by atomic mass is 16.6. The van der Waals surface area contributed by atoms with Crippen LogP contribution < -0.4 is 0 Å². The minimum atomic E-state index is -0.289. The molecule has 154 valence electrons. The summed E-state index contributed by atoms with van der Waals surface area (Å²) in [5.41, 5.74) is 6.52. The highest BCUT2D eigenvalue weighted by Gasteiger charge is 2.39. The van der Waals surface area contributed by atoms with Crippen molar-refractivity contribution in [3.8, 4) is 22.3 Å². The summed E-state index contributed by atoms with van der Waals surface area (Å²) in [5.74, 6) is 0. The Kier molecular flexibility index (Phi) is 3.82. The molecule has 0 aliphatic heterocycles. The van der Waals surface area contributed by atoms with Gasteiger partial charge in [-0.1, -0.05) is 86.6 Å². The quantitative estimate of drug-likeness (QED) is 0.217. The molecule has 32 heavy (non-hydrogen) atoms. The highest BCUT2D eigenvalue weighted by molar-refractivity contribution is 6.09. The van der Waals surface area contributed by atoms with E-state index in [0.717, 1.165) is 16.3 Å². The molecular weight excluding hydrogens is 394 g/mol. The van der Waals surface area contributed by atoms with Gasteiger partial charge in [0.25, 0.3) is 5.69 Å². The molecule has 0 radical (unpaired) electrons. The van der Waals surface area contributed by atoms with Crippen molar-refractivity contribution >= 4 is 27.2 Å². The Bertz CT molecular complexity index is 1580. The molecule has 5 aromatic rings. The molecule has 0 spiro atoms. The first-order valence-corrected chi connectivity index (χ1v) is 10.8. The zero-order valence-corrected chi connectivity index (χ0v) is 17.9. The molecule has 3 heteroatoms. The van der Waals surface area contributed by atoms with E-state index in [0.29, 0.717) is 5.56 Å². The lowest BCUT2D eigenvalue weighted by Crippen LogP contribution is -2.16. The van der Waals surface area contributed by atoms with Crippen molar-refractivity contribution in [3.63, 3.8) is 0 Å². The molecule has 0 fully saturated rings. The average Bonchev–Trinajstić information content (AvgIpc) is 3.05. The standard InChI is InChI=1S/C29H21NO2/c1-29(2)27-19-10-4-3-9-18(19)15-16-23(27)25-17-24(20-11-5-6-13-22(20)28(25)29)21-12-7-8-14-26(21)30(31)32/h3-17H,1-2H3. The van der Waals surface area contributed by atoms with Gasteiger partial charge >= 0.3 is 0 Å². The van der Waals surface area contributed by atoms with E-state index in [9.17, 15) is 10.1 Å². The Morgan fingerprint density at radius 1 is 0.625 bits per heavy atom. The van der Waals surface area contributed by atoms with Crippen LogP contribution in [0.4, 0.5) is 5.69 Å². The number of nitro benzene ring substituents is 1. The van der Waals surface area contributed by atoms with Crippen molar-refractivity contribution in [3.05, 3.63) is 112 Å². The lowest BCUT2D eigenvalue weighted by molar-refractivity contribution is -0.384. The van der Waals surface area contributed by atoms with Gasteiger partial charge in [-0.2, -0.15) is 0 Å². The molecule has 0 heterocycles. The Hall–Kier alpha value is -3.98. The number of hydrogen-bond acceptors (Lipinski definition) is 2. The van der Waals surface area contributed by atoms with E-state index in [1.807, 2.05) is 18.2 Å². The summed E-state index contributed by atoms with van der Waals surface area (Å²) in [5, 5.41) is 16.5. The summed E-state index contributed by atoms with van der Waals surface area (Å²) in [4.78, 5) is 11.5. The molecular formula is C29H21NO2. The third kappa shape index (κ3) is 2.42. The van der Waals surface area contributed by atoms with E-state index in [4.69, 9.17) is 0 Å². The Morgan fingerprint density at radius 3 is 2.03 bits per heavy atom. The second kappa shape index (κ2) is 6.51. The summed E-state index contributed by atoms with van der Waals surface area (Å²) in [6.45, 7) is 4.59. The van der Waals surface area contributed by atoms with Crippen LogP contribution in [0.2, 0.25) is 0 Å². The van der Waals surface area contributed by atoms with E-state index in [1.165, 1.54) is 33.0 Å². The molecule has 3 nitrogen and oxygen atoms in total. The highest BCUT2D eigenvalue weighted by Crippen LogP contribution is 2.55. The van der Waals surface area contributed by atoms with Crippen LogP contribution >= 0.6 is 0 Å².